The van der Waals surface area contributed by atoms with Gasteiger partial charge in [0, 0.05) is 23.2 Å². The van der Waals surface area contributed by atoms with Crippen molar-refractivity contribution in [2.75, 3.05) is 13.2 Å². The second-order valence-corrected chi connectivity index (χ2v) is 6.17. The fourth-order valence-corrected chi connectivity index (χ4v) is 2.10. The molecule has 1 amide bonds. The van der Waals surface area contributed by atoms with E-state index in [0.29, 0.717) is 23.0 Å². The van der Waals surface area contributed by atoms with Crippen molar-refractivity contribution in [3.05, 3.63) is 33.8 Å². The molecule has 0 aliphatic heterocycles. The van der Waals surface area contributed by atoms with E-state index in [-0.39, 0.29) is 24.3 Å². The van der Waals surface area contributed by atoms with Crippen LogP contribution in [0.3, 0.4) is 0 Å². The van der Waals surface area contributed by atoms with Crippen molar-refractivity contribution in [2.45, 2.75) is 26.7 Å². The maximum absolute atomic E-state index is 11.8. The van der Waals surface area contributed by atoms with Gasteiger partial charge in [0.15, 0.2) is 0 Å². The lowest BCUT2D eigenvalue weighted by Gasteiger charge is -2.23. The number of nitrogens with one attached hydrogen (secondary N) is 1. The van der Waals surface area contributed by atoms with Gasteiger partial charge in [-0.15, -0.1) is 0 Å². The third-order valence-electron chi connectivity index (χ3n) is 2.92. The molecule has 0 bridgehead atoms. The summed E-state index contributed by atoms with van der Waals surface area (Å²) in [6.45, 7) is 4.64. The standard InChI is InChI=1S/C14H19Cl2NO2/c1-14(2,5-6-18)9-17-13(19)7-10-3-4-11(15)8-12(10)16/h3-4,8,18H,5-7,9H2,1-2H3,(H,17,19). The van der Waals surface area contributed by atoms with E-state index in [9.17, 15) is 4.79 Å². The Bertz CT molecular complexity index is 447. The summed E-state index contributed by atoms with van der Waals surface area (Å²) in [5.74, 6) is -0.0877. The lowest BCUT2D eigenvalue weighted by molar-refractivity contribution is -0.120. The predicted molar refractivity (Wildman–Crippen MR) is 78.7 cm³/mol. The van der Waals surface area contributed by atoms with Gasteiger partial charge in [0.25, 0.3) is 0 Å². The summed E-state index contributed by atoms with van der Waals surface area (Å²) in [6, 6.07) is 5.09. The van der Waals surface area contributed by atoms with Crippen LogP contribution in [0.25, 0.3) is 0 Å². The first-order valence-corrected chi connectivity index (χ1v) is 6.91. The van der Waals surface area contributed by atoms with Crippen molar-refractivity contribution in [2.24, 2.45) is 5.41 Å². The molecule has 1 aromatic rings. The maximum Gasteiger partial charge on any atom is 0.224 e. The van der Waals surface area contributed by atoms with Crippen molar-refractivity contribution in [1.29, 1.82) is 0 Å². The Labute approximate surface area is 123 Å². The van der Waals surface area contributed by atoms with Gasteiger partial charge in [-0.2, -0.15) is 0 Å². The lowest BCUT2D eigenvalue weighted by Crippen LogP contribution is -2.35. The number of carbonyl (C=O) groups is 1. The first-order chi connectivity index (χ1) is 8.84. The Balaban J connectivity index is 2.52. The maximum atomic E-state index is 11.8. The molecule has 2 N–H and O–H groups in total. The van der Waals surface area contributed by atoms with Crippen molar-refractivity contribution >= 4 is 29.1 Å². The second-order valence-electron chi connectivity index (χ2n) is 5.33. The zero-order valence-electron chi connectivity index (χ0n) is 11.2. The third-order valence-corrected chi connectivity index (χ3v) is 3.51. The summed E-state index contributed by atoms with van der Waals surface area (Å²) in [5, 5.41) is 12.8. The fourth-order valence-electron chi connectivity index (χ4n) is 1.63. The van der Waals surface area contributed by atoms with Crippen LogP contribution < -0.4 is 5.32 Å². The Morgan fingerprint density at radius 1 is 1.37 bits per heavy atom. The number of benzene rings is 1. The van der Waals surface area contributed by atoms with Crippen LogP contribution in [0.5, 0.6) is 0 Å². The number of aliphatic hydroxyl groups excluding tert-OH is 1. The van der Waals surface area contributed by atoms with Crippen LogP contribution in [0.15, 0.2) is 18.2 Å². The molecule has 0 aliphatic rings. The normalized spacial score (nSPS) is 11.4. The van der Waals surface area contributed by atoms with E-state index in [2.05, 4.69) is 5.32 Å². The molecule has 0 heterocycles. The number of rotatable bonds is 6. The fraction of sp³-hybridized carbons (Fsp3) is 0.500. The smallest absolute Gasteiger partial charge is 0.224 e. The van der Waals surface area contributed by atoms with Crippen molar-refractivity contribution in [3.8, 4) is 0 Å². The highest BCUT2D eigenvalue weighted by Gasteiger charge is 2.18. The van der Waals surface area contributed by atoms with Crippen LogP contribution in [0.2, 0.25) is 10.0 Å². The van der Waals surface area contributed by atoms with Gasteiger partial charge in [-0.3, -0.25) is 4.79 Å². The molecular formula is C14H19Cl2NO2. The molecule has 0 fully saturated rings. The molecule has 0 aromatic heterocycles. The van der Waals surface area contributed by atoms with Gasteiger partial charge in [0.2, 0.25) is 5.91 Å². The summed E-state index contributed by atoms with van der Waals surface area (Å²) in [5.41, 5.74) is 0.636. The van der Waals surface area contributed by atoms with E-state index in [1.807, 2.05) is 13.8 Å². The van der Waals surface area contributed by atoms with Crippen LogP contribution in [-0.4, -0.2) is 24.2 Å². The summed E-state index contributed by atoms with van der Waals surface area (Å²) >= 11 is 11.8. The van der Waals surface area contributed by atoms with E-state index >= 15 is 0 Å². The van der Waals surface area contributed by atoms with Gasteiger partial charge >= 0.3 is 0 Å². The minimum Gasteiger partial charge on any atom is -0.396 e. The zero-order valence-corrected chi connectivity index (χ0v) is 12.7. The van der Waals surface area contributed by atoms with E-state index in [1.54, 1.807) is 18.2 Å². The first kappa shape index (κ1) is 16.3. The van der Waals surface area contributed by atoms with Gasteiger partial charge < -0.3 is 10.4 Å². The number of amides is 1. The number of carbonyl (C=O) groups excluding carboxylic acids is 1. The number of hydrogen-bond acceptors (Lipinski definition) is 2. The second kappa shape index (κ2) is 7.13. The average Bonchev–Trinajstić information content (AvgIpc) is 2.30. The quantitative estimate of drug-likeness (QED) is 0.848. The summed E-state index contributed by atoms with van der Waals surface area (Å²) < 4.78 is 0. The van der Waals surface area contributed by atoms with Gasteiger partial charge in [0.05, 0.1) is 6.42 Å². The first-order valence-electron chi connectivity index (χ1n) is 6.15. The van der Waals surface area contributed by atoms with E-state index in [4.69, 9.17) is 28.3 Å². The van der Waals surface area contributed by atoms with Gasteiger partial charge in [-0.1, -0.05) is 43.1 Å². The highest BCUT2D eigenvalue weighted by atomic mass is 35.5. The van der Waals surface area contributed by atoms with Crippen molar-refractivity contribution < 1.29 is 9.90 Å². The zero-order chi connectivity index (χ0) is 14.5. The van der Waals surface area contributed by atoms with Crippen LogP contribution in [0.1, 0.15) is 25.8 Å². The molecule has 106 valence electrons. The molecule has 19 heavy (non-hydrogen) atoms. The minimum absolute atomic E-state index is 0.0877. The third kappa shape index (κ3) is 5.81. The Morgan fingerprint density at radius 3 is 2.63 bits per heavy atom. The van der Waals surface area contributed by atoms with Gasteiger partial charge in [0.1, 0.15) is 0 Å². The Morgan fingerprint density at radius 2 is 2.05 bits per heavy atom. The molecule has 1 aromatic carbocycles. The predicted octanol–water partition coefficient (Wildman–Crippen LogP) is 3.06. The average molecular weight is 304 g/mol. The minimum atomic E-state index is -0.117. The summed E-state index contributed by atoms with van der Waals surface area (Å²) in [6.07, 6.45) is 0.875. The van der Waals surface area contributed by atoms with Gasteiger partial charge in [-0.25, -0.2) is 0 Å². The van der Waals surface area contributed by atoms with Crippen LogP contribution in [-0.2, 0) is 11.2 Å². The molecule has 0 aliphatic carbocycles. The molecule has 3 nitrogen and oxygen atoms in total. The molecule has 1 rings (SSSR count). The molecule has 0 saturated carbocycles. The molecule has 5 heteroatoms. The number of halogens is 2. The molecule has 0 unspecified atom stereocenters. The van der Waals surface area contributed by atoms with Crippen LogP contribution in [0.4, 0.5) is 0 Å². The molecule has 0 spiro atoms. The molecule has 0 radical (unpaired) electrons. The Hall–Kier alpha value is -0.770. The van der Waals surface area contributed by atoms with E-state index in [1.165, 1.54) is 0 Å². The highest BCUT2D eigenvalue weighted by Crippen LogP contribution is 2.22. The molecular weight excluding hydrogens is 285 g/mol. The summed E-state index contributed by atoms with van der Waals surface area (Å²) in [7, 11) is 0. The number of aliphatic hydroxyl groups is 1. The van der Waals surface area contributed by atoms with E-state index < -0.39 is 0 Å². The Kier molecular flexibility index (Phi) is 6.11. The lowest BCUT2D eigenvalue weighted by atomic mass is 9.89. The number of hydrogen-bond donors (Lipinski definition) is 2. The van der Waals surface area contributed by atoms with E-state index in [0.717, 1.165) is 5.56 Å². The van der Waals surface area contributed by atoms with Crippen LogP contribution >= 0.6 is 23.2 Å². The highest BCUT2D eigenvalue weighted by molar-refractivity contribution is 6.35. The van der Waals surface area contributed by atoms with Crippen molar-refractivity contribution in [1.82, 2.24) is 5.32 Å². The van der Waals surface area contributed by atoms with Crippen LogP contribution in [0, 0.1) is 5.41 Å². The SMILES string of the molecule is CC(C)(CCO)CNC(=O)Cc1ccc(Cl)cc1Cl. The summed E-state index contributed by atoms with van der Waals surface area (Å²) in [4.78, 5) is 11.8. The van der Waals surface area contributed by atoms with Gasteiger partial charge in [-0.05, 0) is 29.5 Å². The molecule has 0 atom stereocenters. The monoisotopic (exact) mass is 303 g/mol. The largest absolute Gasteiger partial charge is 0.396 e. The van der Waals surface area contributed by atoms with Crippen molar-refractivity contribution in [3.63, 3.8) is 0 Å². The molecule has 0 saturated heterocycles. The topological polar surface area (TPSA) is 49.3 Å².